The number of phenolic OH excluding ortho intramolecular Hbond substituents is 1. The Labute approximate surface area is 408 Å². The highest BCUT2D eigenvalue weighted by Gasteiger charge is 2.27. The highest BCUT2D eigenvalue weighted by Crippen LogP contribution is 2.46. The molecule has 0 aliphatic heterocycles. The first-order valence-corrected chi connectivity index (χ1v) is 24.0. The Morgan fingerprint density at radius 1 is 0.544 bits per heavy atom. The Kier molecular flexibility index (Phi) is 11.1. The van der Waals surface area contributed by atoms with Gasteiger partial charge in [0, 0.05) is 27.0 Å². The minimum Gasteiger partial charge on any atom is -0.507 e. The number of rotatable bonds is 9. The van der Waals surface area contributed by atoms with Crippen molar-refractivity contribution in [2.45, 2.75) is 106 Å². The molecular weight excluding hydrogens is 827 g/mol. The summed E-state index contributed by atoms with van der Waals surface area (Å²) in [5, 5.41) is 12.6. The van der Waals surface area contributed by atoms with Gasteiger partial charge in [0.05, 0.1) is 28.0 Å². The van der Waals surface area contributed by atoms with Crippen molar-refractivity contribution in [1.29, 1.82) is 0 Å². The zero-order valence-corrected chi connectivity index (χ0v) is 41.5. The molecule has 0 unspecified atom stereocenters. The fourth-order valence-electron chi connectivity index (χ4n) is 9.27. The summed E-state index contributed by atoms with van der Waals surface area (Å²) in [6.07, 6.45) is 1.89. The summed E-state index contributed by atoms with van der Waals surface area (Å²) in [6, 6.07) is 52.2. The third kappa shape index (κ3) is 8.93. The van der Waals surface area contributed by atoms with Crippen LogP contribution >= 0.6 is 0 Å². The first-order chi connectivity index (χ1) is 33.6. The molecule has 1 N–H and O–H groups in total. The molecule has 0 saturated heterocycles. The third-order valence-corrected chi connectivity index (χ3v) is 13.5. The molecule has 0 saturated carbocycles. The van der Waals surface area contributed by atoms with Crippen LogP contribution in [0.15, 0.2) is 158 Å². The number of para-hydroxylation sites is 1. The van der Waals surface area contributed by atoms with Gasteiger partial charge in [-0.05, 0) is 146 Å². The van der Waals surface area contributed by atoms with E-state index in [0.717, 1.165) is 83.6 Å². The standard InChI is InChI=1S/C64H65N3O/c1-39(2)47-35-53(40(3)4)61(68)56(36-47)62-66-60-52(48-32-49(34-51(33-48)64(10,11)12)57-37-46(29-30-65-57)43-23-21-41(5)22-24-43)19-16-20-58(60)67(62)59-38-54(44-17-14-13-15-18-44)42(6)31-55(59)45-25-27-50(28-26-45)63(7,8)9/h13-40,68H,1-12H3/i6D3. The van der Waals surface area contributed by atoms with Crippen LogP contribution in [0.3, 0.4) is 0 Å². The van der Waals surface area contributed by atoms with Crippen molar-refractivity contribution in [3.05, 3.63) is 191 Å². The summed E-state index contributed by atoms with van der Waals surface area (Å²) in [5.74, 6) is 0.925. The molecule has 0 aliphatic rings. The van der Waals surface area contributed by atoms with Gasteiger partial charge in [0.15, 0.2) is 0 Å². The van der Waals surface area contributed by atoms with Gasteiger partial charge in [-0.3, -0.25) is 9.55 Å². The number of fused-ring (bicyclic) bond motifs is 1. The van der Waals surface area contributed by atoms with Crippen LogP contribution in [0.5, 0.6) is 5.75 Å². The van der Waals surface area contributed by atoms with E-state index < -0.39 is 6.85 Å². The molecule has 4 nitrogen and oxygen atoms in total. The van der Waals surface area contributed by atoms with E-state index in [1.54, 1.807) is 0 Å². The van der Waals surface area contributed by atoms with E-state index in [1.165, 1.54) is 11.1 Å². The molecule has 0 bridgehead atoms. The Morgan fingerprint density at radius 3 is 1.88 bits per heavy atom. The van der Waals surface area contributed by atoms with Crippen molar-refractivity contribution in [3.63, 3.8) is 0 Å². The minimum absolute atomic E-state index is 0.0256. The van der Waals surface area contributed by atoms with Crippen molar-refractivity contribution < 1.29 is 9.22 Å². The monoisotopic (exact) mass is 895 g/mol. The Balaban J connectivity index is 1.40. The molecule has 0 fully saturated rings. The number of hydrogen-bond acceptors (Lipinski definition) is 3. The van der Waals surface area contributed by atoms with Gasteiger partial charge in [-0.25, -0.2) is 4.98 Å². The molecule has 7 aromatic carbocycles. The number of nitrogens with zero attached hydrogens (tertiary/aromatic N) is 3. The average molecular weight is 895 g/mol. The van der Waals surface area contributed by atoms with Crippen LogP contribution < -0.4 is 0 Å². The molecule has 2 heterocycles. The molecule has 0 atom stereocenters. The number of imidazole rings is 1. The van der Waals surface area contributed by atoms with E-state index in [0.29, 0.717) is 17.0 Å². The maximum absolute atomic E-state index is 12.6. The molecule has 9 rings (SSSR count). The third-order valence-electron chi connectivity index (χ3n) is 13.5. The lowest BCUT2D eigenvalue weighted by Gasteiger charge is -2.22. The van der Waals surface area contributed by atoms with Gasteiger partial charge in [0.1, 0.15) is 11.6 Å². The van der Waals surface area contributed by atoms with Crippen LogP contribution in [0.4, 0.5) is 0 Å². The van der Waals surface area contributed by atoms with Gasteiger partial charge < -0.3 is 5.11 Å². The van der Waals surface area contributed by atoms with E-state index in [1.807, 2.05) is 48.7 Å². The second kappa shape index (κ2) is 17.9. The van der Waals surface area contributed by atoms with Crippen LogP contribution in [0.25, 0.3) is 83.9 Å². The summed E-state index contributed by atoms with van der Waals surface area (Å²) in [5.41, 5.74) is 17.3. The molecule has 0 radical (unpaired) electrons. The number of aryl methyl sites for hydroxylation is 2. The molecule has 0 amide bonds. The maximum atomic E-state index is 12.6. The summed E-state index contributed by atoms with van der Waals surface area (Å²) in [6.45, 7) is 21.5. The lowest BCUT2D eigenvalue weighted by atomic mass is 9.83. The molecule has 2 aromatic heterocycles. The minimum atomic E-state index is -2.43. The normalized spacial score (nSPS) is 13.0. The van der Waals surface area contributed by atoms with Crippen molar-refractivity contribution in [1.82, 2.24) is 14.5 Å². The molecule has 4 heteroatoms. The zero-order valence-electron chi connectivity index (χ0n) is 44.5. The van der Waals surface area contributed by atoms with Gasteiger partial charge in [-0.1, -0.05) is 178 Å². The predicted molar refractivity (Wildman–Crippen MR) is 288 cm³/mol. The van der Waals surface area contributed by atoms with Crippen molar-refractivity contribution in [2.75, 3.05) is 0 Å². The predicted octanol–water partition coefficient (Wildman–Crippen LogP) is 17.6. The number of phenols is 1. The Bertz CT molecular complexity index is 3420. The van der Waals surface area contributed by atoms with Crippen LogP contribution in [0.2, 0.25) is 0 Å². The number of pyridine rings is 1. The average Bonchev–Trinajstić information content (AvgIpc) is 3.72. The smallest absolute Gasteiger partial charge is 0.149 e. The number of benzene rings is 7. The molecule has 9 aromatic rings. The quantitative estimate of drug-likeness (QED) is 0.157. The molecular formula is C64H65N3O. The van der Waals surface area contributed by atoms with Gasteiger partial charge in [-0.15, -0.1) is 0 Å². The second-order valence-electron chi connectivity index (χ2n) is 21.2. The highest BCUT2D eigenvalue weighted by molar-refractivity contribution is 5.98. The Hall–Kier alpha value is -7.04. The zero-order chi connectivity index (χ0) is 50.7. The second-order valence-corrected chi connectivity index (χ2v) is 21.2. The summed E-state index contributed by atoms with van der Waals surface area (Å²) in [4.78, 5) is 10.6. The van der Waals surface area contributed by atoms with E-state index in [9.17, 15) is 5.11 Å². The van der Waals surface area contributed by atoms with Crippen molar-refractivity contribution >= 4 is 11.0 Å². The largest absolute Gasteiger partial charge is 0.507 e. The van der Waals surface area contributed by atoms with Crippen molar-refractivity contribution in [2.24, 2.45) is 0 Å². The van der Waals surface area contributed by atoms with Crippen LogP contribution in [-0.2, 0) is 10.8 Å². The fraction of sp³-hybridized carbons (Fsp3) is 0.250. The fourth-order valence-corrected chi connectivity index (χ4v) is 9.27. The first kappa shape index (κ1) is 42.3. The van der Waals surface area contributed by atoms with Crippen LogP contribution in [0, 0.1) is 13.8 Å². The van der Waals surface area contributed by atoms with Crippen LogP contribution in [0.1, 0.15) is 119 Å². The number of aromatic hydroxyl groups is 1. The van der Waals surface area contributed by atoms with Gasteiger partial charge in [-0.2, -0.15) is 0 Å². The highest BCUT2D eigenvalue weighted by atomic mass is 16.3. The van der Waals surface area contributed by atoms with Crippen molar-refractivity contribution in [3.8, 4) is 78.6 Å². The SMILES string of the molecule is [2H]C([2H])([2H])c1cc(-c2ccc(C(C)(C)C)cc2)c(-n2c(-c3cc(C(C)C)cc(C(C)C)c3O)nc3c(-c4cc(-c5cc(-c6ccc(C)cc6)ccn5)cc(C(C)(C)C)c4)cccc32)cc1-c1ccccc1. The Morgan fingerprint density at radius 2 is 1.22 bits per heavy atom. The number of aromatic nitrogens is 3. The lowest BCUT2D eigenvalue weighted by molar-refractivity contribution is 0.466. The van der Waals surface area contributed by atoms with E-state index in [-0.39, 0.29) is 34.0 Å². The maximum Gasteiger partial charge on any atom is 0.149 e. The van der Waals surface area contributed by atoms with Gasteiger partial charge >= 0.3 is 0 Å². The van der Waals surface area contributed by atoms with Crippen LogP contribution in [-0.4, -0.2) is 19.6 Å². The molecule has 0 spiro atoms. The van der Waals surface area contributed by atoms with E-state index >= 15 is 0 Å². The van der Waals surface area contributed by atoms with Gasteiger partial charge in [0.25, 0.3) is 0 Å². The molecule has 342 valence electrons. The van der Waals surface area contributed by atoms with Gasteiger partial charge in [0.2, 0.25) is 0 Å². The summed E-state index contributed by atoms with van der Waals surface area (Å²) >= 11 is 0. The lowest BCUT2D eigenvalue weighted by Crippen LogP contribution is -2.11. The first-order valence-electron chi connectivity index (χ1n) is 25.5. The number of hydrogen-bond donors (Lipinski definition) is 1. The topological polar surface area (TPSA) is 50.9 Å². The summed E-state index contributed by atoms with van der Waals surface area (Å²) < 4.78 is 29.0. The van der Waals surface area contributed by atoms with E-state index in [2.05, 4.69) is 190 Å². The van der Waals surface area contributed by atoms with E-state index in [4.69, 9.17) is 14.1 Å². The molecule has 0 aliphatic carbocycles. The summed E-state index contributed by atoms with van der Waals surface area (Å²) in [7, 11) is 0. The molecule has 68 heavy (non-hydrogen) atoms.